The van der Waals surface area contributed by atoms with Gasteiger partial charge in [0.25, 0.3) is 0 Å². The Morgan fingerprint density at radius 2 is 1.73 bits per heavy atom. The average Bonchev–Trinajstić information content (AvgIpc) is 3.33. The van der Waals surface area contributed by atoms with E-state index in [9.17, 15) is 9.59 Å². The Labute approximate surface area is 245 Å². The number of benzene rings is 2. The molecule has 2 amide bonds. The van der Waals surface area contributed by atoms with Crippen LogP contribution in [0.1, 0.15) is 31.9 Å². The molecule has 2 aromatic carbocycles. The number of aromatic nitrogens is 2. The van der Waals surface area contributed by atoms with Crippen LogP contribution in [0, 0.1) is 6.92 Å². The van der Waals surface area contributed by atoms with Gasteiger partial charge in [0.05, 0.1) is 5.69 Å². The normalized spacial score (nSPS) is 14.7. The zero-order valence-electron chi connectivity index (χ0n) is 23.9. The number of anilines is 1. The number of ether oxygens (including phenoxy) is 1. The molecule has 0 radical (unpaired) electrons. The summed E-state index contributed by atoms with van der Waals surface area (Å²) in [5, 5.41) is 4.54. The number of halogens is 1. The van der Waals surface area contributed by atoms with E-state index < -0.39 is 17.7 Å². The molecule has 0 spiro atoms. The number of fused-ring (bicyclic) bond motifs is 1. The number of hydrogen-bond donors (Lipinski definition) is 2. The number of H-pyrrole nitrogens is 1. The molecule has 41 heavy (non-hydrogen) atoms. The molecule has 2 aromatic heterocycles. The summed E-state index contributed by atoms with van der Waals surface area (Å²) in [5.41, 5.74) is 5.48. The summed E-state index contributed by atoms with van der Waals surface area (Å²) < 4.78 is 5.48. The SMILES string of the molecule is Cc1c[nH]c2ncc(-c3ccccc3)c(N3CCN(C(=O)C(Cc4ccc(Cl)cc4)NC(=O)OC(C)(C)C)CC3)c12. The largest absolute Gasteiger partial charge is 0.444 e. The Morgan fingerprint density at radius 3 is 2.39 bits per heavy atom. The van der Waals surface area contributed by atoms with Gasteiger partial charge in [0.2, 0.25) is 5.91 Å². The van der Waals surface area contributed by atoms with Gasteiger partial charge in [-0.05, 0) is 56.5 Å². The lowest BCUT2D eigenvalue weighted by Gasteiger charge is -2.38. The predicted molar refractivity (Wildman–Crippen MR) is 163 cm³/mol. The van der Waals surface area contributed by atoms with Crippen molar-refractivity contribution in [3.8, 4) is 11.1 Å². The number of piperazine rings is 1. The van der Waals surface area contributed by atoms with E-state index in [0.717, 1.165) is 39.0 Å². The molecule has 1 unspecified atom stereocenters. The molecule has 0 bridgehead atoms. The van der Waals surface area contributed by atoms with Crippen LogP contribution in [0.2, 0.25) is 5.02 Å². The number of rotatable bonds is 6. The molecule has 8 nitrogen and oxygen atoms in total. The third-order valence-corrected chi connectivity index (χ3v) is 7.46. The van der Waals surface area contributed by atoms with Crippen molar-refractivity contribution >= 4 is 40.3 Å². The Balaban J connectivity index is 1.37. The molecular formula is C32H36ClN5O3. The van der Waals surface area contributed by atoms with Crippen molar-refractivity contribution in [3.63, 3.8) is 0 Å². The van der Waals surface area contributed by atoms with Crippen molar-refractivity contribution in [2.24, 2.45) is 0 Å². The number of carbonyl (C=O) groups excluding carboxylic acids is 2. The molecule has 0 aliphatic carbocycles. The van der Waals surface area contributed by atoms with Gasteiger partial charge in [0, 0.05) is 61.0 Å². The van der Waals surface area contributed by atoms with Crippen LogP contribution >= 0.6 is 11.6 Å². The van der Waals surface area contributed by atoms with Crippen molar-refractivity contribution in [2.45, 2.75) is 45.8 Å². The zero-order chi connectivity index (χ0) is 29.1. The summed E-state index contributed by atoms with van der Waals surface area (Å²) in [7, 11) is 0. The number of nitrogens with zero attached hydrogens (tertiary/aromatic N) is 3. The minimum absolute atomic E-state index is 0.133. The maximum Gasteiger partial charge on any atom is 0.408 e. The highest BCUT2D eigenvalue weighted by molar-refractivity contribution is 6.30. The number of aromatic amines is 1. The minimum Gasteiger partial charge on any atom is -0.444 e. The first-order valence-electron chi connectivity index (χ1n) is 13.9. The van der Waals surface area contributed by atoms with Crippen molar-refractivity contribution in [2.75, 3.05) is 31.1 Å². The van der Waals surface area contributed by atoms with E-state index in [4.69, 9.17) is 21.3 Å². The van der Waals surface area contributed by atoms with Gasteiger partial charge in [-0.1, -0.05) is 54.1 Å². The molecule has 1 atom stereocenters. The van der Waals surface area contributed by atoms with Crippen molar-refractivity contribution in [1.29, 1.82) is 0 Å². The molecule has 3 heterocycles. The third-order valence-electron chi connectivity index (χ3n) is 7.21. The molecular weight excluding hydrogens is 538 g/mol. The molecule has 0 saturated carbocycles. The first kappa shape index (κ1) is 28.5. The average molecular weight is 574 g/mol. The van der Waals surface area contributed by atoms with E-state index in [1.165, 1.54) is 0 Å². The van der Waals surface area contributed by atoms with Crippen LogP contribution < -0.4 is 10.2 Å². The van der Waals surface area contributed by atoms with Crippen molar-refractivity contribution in [1.82, 2.24) is 20.2 Å². The number of pyridine rings is 1. The molecule has 1 aliphatic rings. The lowest BCUT2D eigenvalue weighted by atomic mass is 10.0. The topological polar surface area (TPSA) is 90.6 Å². The van der Waals surface area contributed by atoms with Gasteiger partial charge in [-0.2, -0.15) is 0 Å². The molecule has 1 fully saturated rings. The van der Waals surface area contributed by atoms with Gasteiger partial charge < -0.3 is 24.8 Å². The number of alkyl carbamates (subject to hydrolysis) is 1. The maximum absolute atomic E-state index is 13.8. The Hall–Kier alpha value is -4.04. The van der Waals surface area contributed by atoms with E-state index in [2.05, 4.69) is 34.3 Å². The zero-order valence-corrected chi connectivity index (χ0v) is 24.7. The van der Waals surface area contributed by atoms with Crippen molar-refractivity contribution < 1.29 is 14.3 Å². The smallest absolute Gasteiger partial charge is 0.408 e. The Bertz CT molecular complexity index is 1520. The van der Waals surface area contributed by atoms with Gasteiger partial charge in [-0.25, -0.2) is 9.78 Å². The van der Waals surface area contributed by atoms with Crippen LogP contribution in [0.25, 0.3) is 22.2 Å². The predicted octanol–water partition coefficient (Wildman–Crippen LogP) is 5.98. The van der Waals surface area contributed by atoms with Gasteiger partial charge >= 0.3 is 6.09 Å². The third kappa shape index (κ3) is 6.65. The van der Waals surface area contributed by atoms with E-state index in [1.54, 1.807) is 32.9 Å². The summed E-state index contributed by atoms with van der Waals surface area (Å²) in [6.45, 7) is 9.82. The lowest BCUT2D eigenvalue weighted by molar-refractivity contribution is -0.133. The highest BCUT2D eigenvalue weighted by atomic mass is 35.5. The first-order chi connectivity index (χ1) is 19.6. The first-order valence-corrected chi connectivity index (χ1v) is 14.3. The van der Waals surface area contributed by atoms with Crippen LogP contribution in [0.5, 0.6) is 0 Å². The van der Waals surface area contributed by atoms with Gasteiger partial charge in [-0.3, -0.25) is 4.79 Å². The second-order valence-electron chi connectivity index (χ2n) is 11.4. The summed E-state index contributed by atoms with van der Waals surface area (Å²) >= 11 is 6.07. The quantitative estimate of drug-likeness (QED) is 0.296. The minimum atomic E-state index is -0.767. The highest BCUT2D eigenvalue weighted by Gasteiger charge is 2.31. The number of carbonyl (C=O) groups is 2. The Morgan fingerprint density at radius 1 is 1.05 bits per heavy atom. The molecule has 9 heteroatoms. The summed E-state index contributed by atoms with van der Waals surface area (Å²) in [4.78, 5) is 38.7. The monoisotopic (exact) mass is 573 g/mol. The second kappa shape index (κ2) is 11.8. The van der Waals surface area contributed by atoms with Crippen LogP contribution in [-0.2, 0) is 16.0 Å². The van der Waals surface area contributed by atoms with Crippen molar-refractivity contribution in [3.05, 3.63) is 83.1 Å². The summed E-state index contributed by atoms with van der Waals surface area (Å²) in [6.07, 6.45) is 3.63. The number of aryl methyl sites for hydroxylation is 1. The molecule has 1 saturated heterocycles. The second-order valence-corrected chi connectivity index (χ2v) is 11.9. The van der Waals surface area contributed by atoms with Gasteiger partial charge in [0.1, 0.15) is 17.3 Å². The van der Waals surface area contributed by atoms with E-state index in [-0.39, 0.29) is 5.91 Å². The van der Waals surface area contributed by atoms with Gasteiger partial charge in [-0.15, -0.1) is 0 Å². The van der Waals surface area contributed by atoms with Crippen LogP contribution in [0.4, 0.5) is 10.5 Å². The lowest BCUT2D eigenvalue weighted by Crippen LogP contribution is -2.56. The Kier molecular flexibility index (Phi) is 8.22. The summed E-state index contributed by atoms with van der Waals surface area (Å²) in [5.74, 6) is -0.133. The molecule has 2 N–H and O–H groups in total. The fraction of sp³-hybridized carbons (Fsp3) is 0.344. The highest BCUT2D eigenvalue weighted by Crippen LogP contribution is 2.38. The molecule has 1 aliphatic heterocycles. The fourth-order valence-electron chi connectivity index (χ4n) is 5.27. The molecule has 214 valence electrons. The van der Waals surface area contributed by atoms with Crippen LogP contribution in [0.15, 0.2) is 67.0 Å². The summed E-state index contributed by atoms with van der Waals surface area (Å²) in [6, 6.07) is 16.8. The number of hydrogen-bond acceptors (Lipinski definition) is 5. The van der Waals surface area contributed by atoms with Crippen LogP contribution in [0.3, 0.4) is 0 Å². The number of amides is 2. The van der Waals surface area contributed by atoms with Crippen LogP contribution in [-0.4, -0.2) is 64.7 Å². The van der Waals surface area contributed by atoms with E-state index >= 15 is 0 Å². The standard InChI is InChI=1S/C32H36ClN5O3/c1-21-19-34-29-27(21)28(25(20-35-29)23-8-6-5-7-9-23)37-14-16-38(17-15-37)30(39)26(36-31(40)41-32(2,3)4)18-22-10-12-24(33)13-11-22/h5-13,19-20,26H,14-18H2,1-4H3,(H,34,35)(H,36,40). The van der Waals surface area contributed by atoms with Gasteiger partial charge in [0.15, 0.2) is 0 Å². The maximum atomic E-state index is 13.8. The van der Waals surface area contributed by atoms with E-state index in [1.807, 2.05) is 47.6 Å². The molecule has 4 aromatic rings. The molecule has 5 rings (SSSR count). The van der Waals surface area contributed by atoms with E-state index in [0.29, 0.717) is 37.6 Å². The number of nitrogens with one attached hydrogen (secondary N) is 2. The fourth-order valence-corrected chi connectivity index (χ4v) is 5.39.